The van der Waals surface area contributed by atoms with Gasteiger partial charge in [0, 0.05) is 10.6 Å². The van der Waals surface area contributed by atoms with Crippen LogP contribution in [0.5, 0.6) is 5.75 Å². The van der Waals surface area contributed by atoms with Crippen LogP contribution in [0.15, 0.2) is 18.2 Å². The van der Waals surface area contributed by atoms with Gasteiger partial charge < -0.3 is 4.74 Å². The molecule has 1 aliphatic carbocycles. The molecule has 0 radical (unpaired) electrons. The van der Waals surface area contributed by atoms with Crippen LogP contribution >= 0.6 is 11.6 Å². The van der Waals surface area contributed by atoms with Gasteiger partial charge in [-0.05, 0) is 25.0 Å². The molecule has 0 amide bonds. The van der Waals surface area contributed by atoms with Gasteiger partial charge in [0.05, 0.1) is 25.0 Å². The molecule has 18 heavy (non-hydrogen) atoms. The maximum Gasteiger partial charge on any atom is 0.157 e. The monoisotopic (exact) mass is 263 g/mol. The molecule has 0 atom stereocenters. The van der Waals surface area contributed by atoms with Crippen molar-refractivity contribution in [3.8, 4) is 11.8 Å². The van der Waals surface area contributed by atoms with Crippen LogP contribution in [0.3, 0.4) is 0 Å². The van der Waals surface area contributed by atoms with E-state index in [1.165, 1.54) is 0 Å². The Morgan fingerprint density at radius 1 is 1.56 bits per heavy atom. The number of nitrogens with zero attached hydrogens (tertiary/aromatic N) is 1. The third-order valence-corrected chi connectivity index (χ3v) is 3.89. The maximum absolute atomic E-state index is 12.2. The van der Waals surface area contributed by atoms with E-state index in [1.807, 2.05) is 12.1 Å². The van der Waals surface area contributed by atoms with Crippen LogP contribution in [0.4, 0.5) is 0 Å². The molecule has 0 unspecified atom stereocenters. The fourth-order valence-corrected chi connectivity index (χ4v) is 2.69. The van der Waals surface area contributed by atoms with Gasteiger partial charge >= 0.3 is 0 Å². The van der Waals surface area contributed by atoms with E-state index >= 15 is 0 Å². The number of nitriles is 1. The number of carbonyl (C=O) groups is 1. The van der Waals surface area contributed by atoms with E-state index in [0.29, 0.717) is 10.8 Å². The molecule has 0 spiro atoms. The molecule has 1 saturated carbocycles. The summed E-state index contributed by atoms with van der Waals surface area (Å²) >= 11 is 5.93. The maximum atomic E-state index is 12.2. The molecule has 2 rings (SSSR count). The summed E-state index contributed by atoms with van der Waals surface area (Å²) in [6.45, 7) is 0. The number of Topliss-reactive ketones (excluding diaryl/α,β-unsaturated/α-hetero) is 1. The average Bonchev–Trinajstić information content (AvgIpc) is 2.29. The summed E-state index contributed by atoms with van der Waals surface area (Å²) in [4.78, 5) is 12.2. The Kier molecular flexibility index (Phi) is 3.58. The van der Waals surface area contributed by atoms with Crippen molar-refractivity contribution >= 4 is 17.4 Å². The fourth-order valence-electron chi connectivity index (χ4n) is 2.53. The van der Waals surface area contributed by atoms with Crippen molar-refractivity contribution in [3.63, 3.8) is 0 Å². The molecule has 1 aromatic rings. The summed E-state index contributed by atoms with van der Waals surface area (Å²) in [5.41, 5.74) is 0.326. The van der Waals surface area contributed by atoms with E-state index in [0.717, 1.165) is 24.8 Å². The minimum absolute atomic E-state index is 0.0168. The Balaban J connectivity index is 2.45. The molecule has 0 N–H and O–H groups in total. The molecule has 1 fully saturated rings. The lowest BCUT2D eigenvalue weighted by Gasteiger charge is -2.41. The minimum Gasteiger partial charge on any atom is -0.496 e. The fraction of sp³-hybridized carbons (Fsp3) is 0.429. The second-order valence-electron chi connectivity index (χ2n) is 4.54. The highest BCUT2D eigenvalue weighted by molar-refractivity contribution is 6.30. The predicted octanol–water partition coefficient (Wildman–Crippen LogP) is 3.25. The lowest BCUT2D eigenvalue weighted by atomic mass is 9.61. The third kappa shape index (κ3) is 1.97. The number of methoxy groups -OCH3 is 1. The highest BCUT2D eigenvalue weighted by Gasteiger charge is 2.46. The Hall–Kier alpha value is -1.53. The summed E-state index contributed by atoms with van der Waals surface area (Å²) < 4.78 is 5.32. The lowest BCUT2D eigenvalue weighted by molar-refractivity contribution is -0.126. The molecule has 0 aliphatic heterocycles. The van der Waals surface area contributed by atoms with E-state index in [1.54, 1.807) is 19.2 Å². The van der Waals surface area contributed by atoms with Gasteiger partial charge in [-0.15, -0.1) is 0 Å². The van der Waals surface area contributed by atoms with E-state index in [9.17, 15) is 4.79 Å². The Bertz CT molecular complexity index is 515. The number of hydrogen-bond donors (Lipinski definition) is 0. The van der Waals surface area contributed by atoms with E-state index in [-0.39, 0.29) is 12.2 Å². The van der Waals surface area contributed by atoms with Crippen LogP contribution in [-0.2, 0) is 10.2 Å². The molecular weight excluding hydrogens is 250 g/mol. The van der Waals surface area contributed by atoms with Crippen LogP contribution in [0, 0.1) is 11.3 Å². The minimum atomic E-state index is -0.536. The van der Waals surface area contributed by atoms with Crippen LogP contribution in [0.25, 0.3) is 0 Å². The topological polar surface area (TPSA) is 50.1 Å². The van der Waals surface area contributed by atoms with Crippen molar-refractivity contribution in [2.45, 2.75) is 31.1 Å². The number of halogens is 1. The summed E-state index contributed by atoms with van der Waals surface area (Å²) in [5, 5.41) is 9.30. The van der Waals surface area contributed by atoms with Crippen molar-refractivity contribution in [1.82, 2.24) is 0 Å². The Labute approximate surface area is 111 Å². The van der Waals surface area contributed by atoms with Gasteiger partial charge in [-0.1, -0.05) is 24.1 Å². The zero-order chi connectivity index (χ0) is 13.2. The molecule has 3 nitrogen and oxygen atoms in total. The number of hydrogen-bond acceptors (Lipinski definition) is 3. The number of carbonyl (C=O) groups excluding carboxylic acids is 1. The van der Waals surface area contributed by atoms with Crippen molar-refractivity contribution in [3.05, 3.63) is 28.8 Å². The van der Waals surface area contributed by atoms with Gasteiger partial charge in [0.2, 0.25) is 0 Å². The molecule has 1 aromatic carbocycles. The van der Waals surface area contributed by atoms with Crippen LogP contribution < -0.4 is 4.74 Å². The smallest absolute Gasteiger partial charge is 0.157 e. The van der Waals surface area contributed by atoms with E-state index in [4.69, 9.17) is 21.6 Å². The second kappa shape index (κ2) is 4.99. The predicted molar refractivity (Wildman–Crippen MR) is 68.8 cm³/mol. The highest BCUT2D eigenvalue weighted by atomic mass is 35.5. The first-order valence-corrected chi connectivity index (χ1v) is 6.26. The Morgan fingerprint density at radius 2 is 2.28 bits per heavy atom. The third-order valence-electron chi connectivity index (χ3n) is 3.66. The van der Waals surface area contributed by atoms with Gasteiger partial charge in [-0.3, -0.25) is 4.79 Å². The first-order chi connectivity index (χ1) is 8.64. The zero-order valence-corrected chi connectivity index (χ0v) is 11.0. The van der Waals surface area contributed by atoms with Gasteiger partial charge in [0.25, 0.3) is 0 Å². The molecule has 94 valence electrons. The normalized spacial score (nSPS) is 16.5. The lowest BCUT2D eigenvalue weighted by Crippen LogP contribution is -2.42. The molecule has 0 heterocycles. The quantitative estimate of drug-likeness (QED) is 0.838. The molecule has 4 heteroatoms. The van der Waals surface area contributed by atoms with Crippen LogP contribution in [-0.4, -0.2) is 12.9 Å². The van der Waals surface area contributed by atoms with Gasteiger partial charge in [-0.25, -0.2) is 0 Å². The summed E-state index contributed by atoms with van der Waals surface area (Å²) in [6, 6.07) is 7.27. The first-order valence-electron chi connectivity index (χ1n) is 5.88. The van der Waals surface area contributed by atoms with Crippen molar-refractivity contribution in [2.24, 2.45) is 0 Å². The molecule has 1 aliphatic rings. The SMILES string of the molecule is COc1cc(Cl)ccc1C1(C(=O)CC#N)CCC1. The van der Waals surface area contributed by atoms with Crippen molar-refractivity contribution in [1.29, 1.82) is 5.26 Å². The zero-order valence-electron chi connectivity index (χ0n) is 10.2. The summed E-state index contributed by atoms with van der Waals surface area (Å²) in [7, 11) is 1.57. The summed E-state index contributed by atoms with van der Waals surface area (Å²) in [5.74, 6) is 0.616. The molecule has 0 aromatic heterocycles. The van der Waals surface area contributed by atoms with Crippen LogP contribution in [0.1, 0.15) is 31.2 Å². The highest BCUT2D eigenvalue weighted by Crippen LogP contribution is 2.48. The standard InChI is InChI=1S/C14H14ClNO2/c1-18-12-9-10(15)3-4-11(12)14(6-2-7-14)13(17)5-8-16/h3-4,9H,2,5-7H2,1H3. The summed E-state index contributed by atoms with van der Waals surface area (Å²) in [6.07, 6.45) is 2.52. The number of ether oxygens (including phenoxy) is 1. The number of benzene rings is 1. The first kappa shape index (κ1) is 12.9. The van der Waals surface area contributed by atoms with Gasteiger partial charge in [0.1, 0.15) is 5.75 Å². The number of ketones is 1. The van der Waals surface area contributed by atoms with Crippen LogP contribution in [0.2, 0.25) is 5.02 Å². The Morgan fingerprint density at radius 3 is 2.78 bits per heavy atom. The van der Waals surface area contributed by atoms with E-state index in [2.05, 4.69) is 0 Å². The van der Waals surface area contributed by atoms with Crippen molar-refractivity contribution in [2.75, 3.05) is 7.11 Å². The van der Waals surface area contributed by atoms with E-state index < -0.39 is 5.41 Å². The van der Waals surface area contributed by atoms with Gasteiger partial charge in [0.15, 0.2) is 5.78 Å². The van der Waals surface area contributed by atoms with Gasteiger partial charge in [-0.2, -0.15) is 5.26 Å². The molecular formula is C14H14ClNO2. The van der Waals surface area contributed by atoms with Crippen molar-refractivity contribution < 1.29 is 9.53 Å². The molecule has 0 bridgehead atoms. The largest absolute Gasteiger partial charge is 0.496 e. The number of rotatable bonds is 4. The average molecular weight is 264 g/mol. The molecule has 0 saturated heterocycles. The second-order valence-corrected chi connectivity index (χ2v) is 4.97.